The molecule has 140 valence electrons. The highest BCUT2D eigenvalue weighted by Gasteiger charge is 2.11. The summed E-state index contributed by atoms with van der Waals surface area (Å²) >= 11 is 1.42. The third-order valence-electron chi connectivity index (χ3n) is 3.58. The largest absolute Gasteiger partial charge is 0.352 e. The fraction of sp³-hybridized carbons (Fsp3) is 0.471. The quantitative estimate of drug-likeness (QED) is 0.684. The van der Waals surface area contributed by atoms with E-state index in [4.69, 9.17) is 0 Å². The van der Waals surface area contributed by atoms with Crippen molar-refractivity contribution in [3.63, 3.8) is 0 Å². The summed E-state index contributed by atoms with van der Waals surface area (Å²) in [6.07, 6.45) is 0.341. The van der Waals surface area contributed by atoms with E-state index in [0.717, 1.165) is 5.56 Å². The number of aryl methyl sites for hydroxylation is 2. The van der Waals surface area contributed by atoms with Crippen molar-refractivity contribution in [1.82, 2.24) is 25.5 Å². The van der Waals surface area contributed by atoms with Crippen LogP contribution in [0.25, 0.3) is 0 Å². The average molecular weight is 376 g/mol. The van der Waals surface area contributed by atoms with Gasteiger partial charge in [-0.3, -0.25) is 9.59 Å². The van der Waals surface area contributed by atoms with Crippen LogP contribution in [0.5, 0.6) is 0 Å². The van der Waals surface area contributed by atoms with Crippen LogP contribution in [0.4, 0.5) is 5.69 Å². The van der Waals surface area contributed by atoms with E-state index in [1.165, 1.54) is 11.8 Å². The molecular formula is C17H24N6O2S. The lowest BCUT2D eigenvalue weighted by molar-refractivity contribution is -0.115. The molecule has 8 nitrogen and oxygen atoms in total. The molecule has 2 rings (SSSR count). The number of hydrogen-bond acceptors (Lipinski definition) is 6. The summed E-state index contributed by atoms with van der Waals surface area (Å²) in [5.41, 5.74) is 2.15. The second-order valence-corrected chi connectivity index (χ2v) is 7.43. The number of aromatic nitrogens is 4. The minimum atomic E-state index is -0.103. The summed E-state index contributed by atoms with van der Waals surface area (Å²) in [4.78, 5) is 24.2. The van der Waals surface area contributed by atoms with Gasteiger partial charge in [0.15, 0.2) is 0 Å². The number of benzene rings is 1. The second-order valence-electron chi connectivity index (χ2n) is 6.37. The Labute approximate surface area is 157 Å². The molecule has 0 bridgehead atoms. The van der Waals surface area contributed by atoms with Crippen LogP contribution in [0, 0.1) is 12.8 Å². The lowest BCUT2D eigenvalue weighted by Crippen LogP contribution is -2.27. The molecule has 9 heteroatoms. The predicted molar refractivity (Wildman–Crippen MR) is 101 cm³/mol. The van der Waals surface area contributed by atoms with E-state index in [-0.39, 0.29) is 11.8 Å². The summed E-state index contributed by atoms with van der Waals surface area (Å²) < 4.78 is 1.57. The van der Waals surface area contributed by atoms with Gasteiger partial charge in [-0.1, -0.05) is 25.6 Å². The second kappa shape index (κ2) is 9.33. The Bertz CT molecular complexity index is 774. The number of nitrogens with one attached hydrogen (secondary N) is 2. The van der Waals surface area contributed by atoms with Crippen molar-refractivity contribution in [3.8, 4) is 0 Å². The summed E-state index contributed by atoms with van der Waals surface area (Å²) in [5.74, 6) is 0.782. The van der Waals surface area contributed by atoms with E-state index in [0.29, 0.717) is 41.0 Å². The Morgan fingerprint density at radius 2 is 2.08 bits per heavy atom. The van der Waals surface area contributed by atoms with Crippen LogP contribution in [0.1, 0.15) is 36.2 Å². The van der Waals surface area contributed by atoms with Crippen molar-refractivity contribution < 1.29 is 9.59 Å². The van der Waals surface area contributed by atoms with E-state index in [1.807, 2.05) is 20.8 Å². The van der Waals surface area contributed by atoms with E-state index in [1.54, 1.807) is 29.9 Å². The monoisotopic (exact) mass is 376 g/mol. The number of tetrazole rings is 1. The molecule has 1 aromatic heterocycles. The molecule has 0 fully saturated rings. The Hall–Kier alpha value is -2.42. The van der Waals surface area contributed by atoms with Gasteiger partial charge in [0.1, 0.15) is 0 Å². The molecule has 1 heterocycles. The highest BCUT2D eigenvalue weighted by molar-refractivity contribution is 7.99. The van der Waals surface area contributed by atoms with Crippen molar-refractivity contribution in [1.29, 1.82) is 0 Å². The van der Waals surface area contributed by atoms with Gasteiger partial charge in [0.25, 0.3) is 5.91 Å². The van der Waals surface area contributed by atoms with E-state index in [2.05, 4.69) is 26.2 Å². The number of carbonyl (C=O) groups is 2. The lowest BCUT2D eigenvalue weighted by atomic mass is 10.1. The van der Waals surface area contributed by atoms with Crippen LogP contribution >= 0.6 is 11.8 Å². The molecule has 0 saturated carbocycles. The summed E-state index contributed by atoms with van der Waals surface area (Å²) in [5, 5.41) is 17.6. The molecule has 2 aromatic rings. The lowest BCUT2D eigenvalue weighted by Gasteiger charge is -2.11. The number of anilines is 1. The van der Waals surface area contributed by atoms with Crippen molar-refractivity contribution in [3.05, 3.63) is 29.3 Å². The first-order chi connectivity index (χ1) is 12.4. The van der Waals surface area contributed by atoms with Crippen molar-refractivity contribution in [2.75, 3.05) is 17.6 Å². The van der Waals surface area contributed by atoms with Crippen LogP contribution < -0.4 is 10.6 Å². The first-order valence-corrected chi connectivity index (χ1v) is 9.39. The van der Waals surface area contributed by atoms with Gasteiger partial charge in [-0.15, -0.1) is 5.10 Å². The molecule has 1 aromatic carbocycles. The van der Waals surface area contributed by atoms with Gasteiger partial charge in [0, 0.05) is 37.0 Å². The van der Waals surface area contributed by atoms with Crippen molar-refractivity contribution in [2.45, 2.75) is 32.3 Å². The fourth-order valence-corrected chi connectivity index (χ4v) is 2.92. The Kier molecular flexibility index (Phi) is 7.14. The normalized spacial score (nSPS) is 10.8. The van der Waals surface area contributed by atoms with E-state index < -0.39 is 0 Å². The number of nitrogens with zero attached hydrogens (tertiary/aromatic N) is 4. The van der Waals surface area contributed by atoms with Crippen molar-refractivity contribution >= 4 is 29.3 Å². The first kappa shape index (κ1) is 19.9. The van der Waals surface area contributed by atoms with Crippen LogP contribution in [0.2, 0.25) is 0 Å². The van der Waals surface area contributed by atoms with Gasteiger partial charge < -0.3 is 10.6 Å². The van der Waals surface area contributed by atoms with Crippen LogP contribution in [0.15, 0.2) is 23.4 Å². The maximum Gasteiger partial charge on any atom is 0.251 e. The predicted octanol–water partition coefficient (Wildman–Crippen LogP) is 2.03. The van der Waals surface area contributed by atoms with Gasteiger partial charge in [0.2, 0.25) is 11.1 Å². The average Bonchev–Trinajstić information content (AvgIpc) is 2.99. The van der Waals surface area contributed by atoms with Gasteiger partial charge in [-0.05, 0) is 47.0 Å². The maximum atomic E-state index is 12.1. The van der Waals surface area contributed by atoms with Gasteiger partial charge >= 0.3 is 0 Å². The summed E-state index contributed by atoms with van der Waals surface area (Å²) in [6.45, 7) is 6.59. The van der Waals surface area contributed by atoms with Crippen LogP contribution in [-0.4, -0.2) is 44.3 Å². The van der Waals surface area contributed by atoms with Gasteiger partial charge in [-0.2, -0.15) is 0 Å². The topological polar surface area (TPSA) is 102 Å². The maximum absolute atomic E-state index is 12.1. The molecule has 26 heavy (non-hydrogen) atoms. The number of hydrogen-bond donors (Lipinski definition) is 2. The molecule has 2 N–H and O–H groups in total. The van der Waals surface area contributed by atoms with Crippen LogP contribution in [-0.2, 0) is 11.8 Å². The zero-order valence-electron chi connectivity index (χ0n) is 15.4. The third-order valence-corrected chi connectivity index (χ3v) is 4.59. The molecule has 0 aliphatic heterocycles. The minimum Gasteiger partial charge on any atom is -0.352 e. The molecule has 0 atom stereocenters. The fourth-order valence-electron chi connectivity index (χ4n) is 2.14. The zero-order chi connectivity index (χ0) is 19.1. The molecular weight excluding hydrogens is 352 g/mol. The molecule has 0 radical (unpaired) electrons. The standard InChI is InChI=1S/C17H24N6O2S/c1-11(2)10-18-16(25)13-5-6-14(12(3)9-13)19-15(24)7-8-26-17-20-21-22-23(17)4/h5-6,9,11H,7-8,10H2,1-4H3,(H,18,25)(H,19,24). The SMILES string of the molecule is Cc1cc(C(=O)NCC(C)C)ccc1NC(=O)CCSc1nnnn1C. The van der Waals surface area contributed by atoms with E-state index >= 15 is 0 Å². The molecule has 0 unspecified atom stereocenters. The first-order valence-electron chi connectivity index (χ1n) is 8.40. The minimum absolute atomic E-state index is 0.0901. The molecule has 0 aliphatic rings. The summed E-state index contributed by atoms with van der Waals surface area (Å²) in [7, 11) is 1.75. The molecule has 0 aliphatic carbocycles. The van der Waals surface area contributed by atoms with E-state index in [9.17, 15) is 9.59 Å². The summed E-state index contributed by atoms with van der Waals surface area (Å²) in [6, 6.07) is 5.26. The third kappa shape index (κ3) is 5.83. The highest BCUT2D eigenvalue weighted by atomic mass is 32.2. The Morgan fingerprint density at radius 1 is 1.31 bits per heavy atom. The Morgan fingerprint density at radius 3 is 2.69 bits per heavy atom. The highest BCUT2D eigenvalue weighted by Crippen LogP contribution is 2.18. The number of thioether (sulfide) groups is 1. The number of carbonyl (C=O) groups excluding carboxylic acids is 2. The Balaban J connectivity index is 1.85. The van der Waals surface area contributed by atoms with Crippen LogP contribution in [0.3, 0.4) is 0 Å². The number of amides is 2. The van der Waals surface area contributed by atoms with Gasteiger partial charge in [-0.25, -0.2) is 4.68 Å². The molecule has 0 spiro atoms. The van der Waals surface area contributed by atoms with Crippen molar-refractivity contribution in [2.24, 2.45) is 13.0 Å². The zero-order valence-corrected chi connectivity index (χ0v) is 16.3. The molecule has 0 saturated heterocycles. The molecule has 2 amide bonds. The smallest absolute Gasteiger partial charge is 0.251 e. The number of rotatable bonds is 8. The van der Waals surface area contributed by atoms with Gasteiger partial charge in [0.05, 0.1) is 0 Å².